The van der Waals surface area contributed by atoms with Crippen molar-refractivity contribution in [2.24, 2.45) is 5.14 Å². The smallest absolute Gasteiger partial charge is 0.318 e. The van der Waals surface area contributed by atoms with Crippen LogP contribution in [0.1, 0.15) is 5.56 Å². The number of benzene rings is 1. The Morgan fingerprint density at radius 3 is 2.81 bits per heavy atom. The number of methoxy groups -OCH3 is 1. The van der Waals surface area contributed by atoms with Crippen LogP contribution in [-0.2, 0) is 16.6 Å². The van der Waals surface area contributed by atoms with Gasteiger partial charge in [0.25, 0.3) is 10.0 Å². The summed E-state index contributed by atoms with van der Waals surface area (Å²) < 4.78 is 45.8. The minimum Gasteiger partial charge on any atom is -0.497 e. The molecule has 0 aliphatic heterocycles. The summed E-state index contributed by atoms with van der Waals surface area (Å²) >= 11 is 0. The number of primary sulfonamides is 1. The van der Waals surface area contributed by atoms with E-state index in [0.29, 0.717) is 11.9 Å². The monoisotopic (exact) mass is 313 g/mol. The van der Waals surface area contributed by atoms with E-state index in [9.17, 15) is 12.8 Å². The Hall–Kier alpha value is -2.26. The largest absolute Gasteiger partial charge is 0.497 e. The highest BCUT2D eigenvalue weighted by molar-refractivity contribution is 7.89. The van der Waals surface area contributed by atoms with Gasteiger partial charge < -0.3 is 9.47 Å². The zero-order valence-electron chi connectivity index (χ0n) is 11.0. The van der Waals surface area contributed by atoms with Gasteiger partial charge in [0.05, 0.1) is 13.3 Å². The molecule has 2 N–H and O–H groups in total. The summed E-state index contributed by atoms with van der Waals surface area (Å²) in [4.78, 5) is 7.00. The molecule has 0 saturated heterocycles. The fraction of sp³-hybridized carbons (Fsp3) is 0.167. The quantitative estimate of drug-likeness (QED) is 0.821. The van der Waals surface area contributed by atoms with E-state index in [-0.39, 0.29) is 12.6 Å². The van der Waals surface area contributed by atoms with Crippen LogP contribution in [0.5, 0.6) is 11.8 Å². The van der Waals surface area contributed by atoms with E-state index in [1.807, 2.05) is 0 Å². The van der Waals surface area contributed by atoms with E-state index in [2.05, 4.69) is 9.97 Å². The van der Waals surface area contributed by atoms with E-state index in [4.69, 9.17) is 14.6 Å². The number of nitrogens with two attached hydrogens (primary N) is 1. The first-order valence-electron chi connectivity index (χ1n) is 5.71. The molecule has 0 radical (unpaired) electrons. The Morgan fingerprint density at radius 1 is 1.38 bits per heavy atom. The molecule has 21 heavy (non-hydrogen) atoms. The van der Waals surface area contributed by atoms with Crippen LogP contribution in [0.15, 0.2) is 35.5 Å². The van der Waals surface area contributed by atoms with E-state index in [0.717, 1.165) is 5.56 Å². The van der Waals surface area contributed by atoms with Gasteiger partial charge in [-0.3, -0.25) is 0 Å². The average Bonchev–Trinajstić information content (AvgIpc) is 2.45. The molecule has 0 aliphatic carbocycles. The number of hydrogen-bond acceptors (Lipinski definition) is 6. The molecular weight excluding hydrogens is 301 g/mol. The highest BCUT2D eigenvalue weighted by atomic mass is 32.2. The van der Waals surface area contributed by atoms with Gasteiger partial charge in [-0.1, -0.05) is 12.1 Å². The summed E-state index contributed by atoms with van der Waals surface area (Å²) in [5, 5.41) is 3.94. The Balaban J connectivity index is 2.17. The number of hydrogen-bond donors (Lipinski definition) is 1. The van der Waals surface area contributed by atoms with Crippen LogP contribution in [0.4, 0.5) is 4.39 Å². The first kappa shape index (κ1) is 15.1. The molecule has 0 bridgehead atoms. The molecule has 2 aromatic rings. The van der Waals surface area contributed by atoms with E-state index < -0.39 is 20.9 Å². The Bertz CT molecular complexity index is 752. The maximum atomic E-state index is 13.3. The SMILES string of the molecule is COc1cccc(COc2ncc(F)c(S(N)(=O)=O)n2)c1. The molecule has 2 rings (SSSR count). The fourth-order valence-electron chi connectivity index (χ4n) is 1.52. The van der Waals surface area contributed by atoms with Crippen molar-refractivity contribution in [1.82, 2.24) is 9.97 Å². The molecule has 0 unspecified atom stereocenters. The van der Waals surface area contributed by atoms with Crippen molar-refractivity contribution in [3.8, 4) is 11.8 Å². The van der Waals surface area contributed by atoms with Gasteiger partial charge >= 0.3 is 6.01 Å². The number of ether oxygens (including phenoxy) is 2. The van der Waals surface area contributed by atoms with Gasteiger partial charge in [-0.2, -0.15) is 4.98 Å². The first-order chi connectivity index (χ1) is 9.90. The lowest BCUT2D eigenvalue weighted by molar-refractivity contribution is 0.274. The molecule has 0 spiro atoms. The number of sulfonamides is 1. The van der Waals surface area contributed by atoms with Gasteiger partial charge in [-0.15, -0.1) is 0 Å². The lowest BCUT2D eigenvalue weighted by Gasteiger charge is -2.07. The normalized spacial score (nSPS) is 11.2. The van der Waals surface area contributed by atoms with Crippen LogP contribution in [0.25, 0.3) is 0 Å². The molecule has 0 saturated carbocycles. The lowest BCUT2D eigenvalue weighted by Crippen LogP contribution is -2.17. The average molecular weight is 313 g/mol. The zero-order valence-corrected chi connectivity index (χ0v) is 11.8. The van der Waals surface area contributed by atoms with Crippen molar-refractivity contribution in [2.45, 2.75) is 11.6 Å². The van der Waals surface area contributed by atoms with E-state index in [1.165, 1.54) is 7.11 Å². The van der Waals surface area contributed by atoms with Crippen molar-refractivity contribution < 1.29 is 22.3 Å². The van der Waals surface area contributed by atoms with Gasteiger partial charge in [0.15, 0.2) is 5.82 Å². The summed E-state index contributed by atoms with van der Waals surface area (Å²) in [6, 6.07) is 6.73. The second-order valence-corrected chi connectivity index (χ2v) is 5.47. The van der Waals surface area contributed by atoms with E-state index in [1.54, 1.807) is 24.3 Å². The topological polar surface area (TPSA) is 104 Å². The summed E-state index contributed by atoms with van der Waals surface area (Å²) in [5.74, 6) is -0.493. The van der Waals surface area contributed by atoms with E-state index >= 15 is 0 Å². The van der Waals surface area contributed by atoms with Crippen LogP contribution in [0.2, 0.25) is 0 Å². The number of nitrogens with zero attached hydrogens (tertiary/aromatic N) is 2. The van der Waals surface area contributed by atoms with Crippen LogP contribution < -0.4 is 14.6 Å². The molecule has 0 amide bonds. The highest BCUT2D eigenvalue weighted by Gasteiger charge is 2.18. The molecule has 1 heterocycles. The Morgan fingerprint density at radius 2 is 2.14 bits per heavy atom. The number of halogens is 1. The lowest BCUT2D eigenvalue weighted by atomic mass is 10.2. The third kappa shape index (κ3) is 3.86. The van der Waals surface area contributed by atoms with Gasteiger partial charge in [0.1, 0.15) is 12.4 Å². The van der Waals surface area contributed by atoms with Gasteiger partial charge in [-0.25, -0.2) is 22.9 Å². The number of rotatable bonds is 5. The molecule has 1 aromatic heterocycles. The zero-order chi connectivity index (χ0) is 15.5. The summed E-state index contributed by atoms with van der Waals surface area (Å²) in [6.07, 6.45) is 0.688. The Labute approximate surface area is 120 Å². The third-order valence-electron chi connectivity index (χ3n) is 2.46. The second-order valence-electron chi connectivity index (χ2n) is 3.99. The third-order valence-corrected chi connectivity index (χ3v) is 3.29. The maximum absolute atomic E-state index is 13.3. The van der Waals surface area contributed by atoms with Crippen molar-refractivity contribution >= 4 is 10.0 Å². The van der Waals surface area contributed by atoms with Crippen molar-refractivity contribution in [2.75, 3.05) is 7.11 Å². The first-order valence-corrected chi connectivity index (χ1v) is 7.26. The molecular formula is C12H12FN3O4S. The second kappa shape index (κ2) is 6.02. The summed E-state index contributed by atoms with van der Waals surface area (Å²) in [5.41, 5.74) is 0.749. The molecule has 7 nitrogen and oxygen atoms in total. The van der Waals surface area contributed by atoms with Gasteiger partial charge in [0, 0.05) is 0 Å². The van der Waals surface area contributed by atoms with Crippen LogP contribution in [0, 0.1) is 5.82 Å². The minimum atomic E-state index is -4.28. The molecule has 0 atom stereocenters. The van der Waals surface area contributed by atoms with Gasteiger partial charge in [-0.05, 0) is 17.7 Å². The standard InChI is InChI=1S/C12H12FN3O4S/c1-19-9-4-2-3-8(5-9)7-20-12-15-6-10(13)11(16-12)21(14,17)18/h2-6H,7H2,1H3,(H2,14,17,18). The summed E-state index contributed by atoms with van der Waals surface area (Å²) in [7, 11) is -2.75. The Kier molecular flexibility index (Phi) is 4.34. The van der Waals surface area contributed by atoms with Crippen LogP contribution in [0.3, 0.4) is 0 Å². The highest BCUT2D eigenvalue weighted by Crippen LogP contribution is 2.16. The fourth-order valence-corrected chi connectivity index (χ4v) is 2.05. The summed E-state index contributed by atoms with van der Waals surface area (Å²) in [6.45, 7) is 0.0624. The molecule has 0 aliphatic rings. The molecule has 0 fully saturated rings. The van der Waals surface area contributed by atoms with Crippen LogP contribution in [-0.4, -0.2) is 25.5 Å². The predicted octanol–water partition coefficient (Wildman–Crippen LogP) is 0.851. The van der Waals surface area contributed by atoms with Crippen LogP contribution >= 0.6 is 0 Å². The molecule has 1 aromatic carbocycles. The predicted molar refractivity (Wildman–Crippen MR) is 70.7 cm³/mol. The molecule has 9 heteroatoms. The van der Waals surface area contributed by atoms with Gasteiger partial charge in [0.2, 0.25) is 5.03 Å². The minimum absolute atomic E-state index is 0.0624. The maximum Gasteiger partial charge on any atom is 0.318 e. The molecule has 112 valence electrons. The number of aromatic nitrogens is 2. The van der Waals surface area contributed by atoms with Crippen molar-refractivity contribution in [1.29, 1.82) is 0 Å². The van der Waals surface area contributed by atoms with Crippen molar-refractivity contribution in [3.05, 3.63) is 41.8 Å². The van der Waals surface area contributed by atoms with Crippen molar-refractivity contribution in [3.63, 3.8) is 0 Å².